The second-order valence-corrected chi connectivity index (χ2v) is 14.5. The van der Waals surface area contributed by atoms with Gasteiger partial charge in [-0.25, -0.2) is 19.4 Å². The molecule has 278 valence electrons. The van der Waals surface area contributed by atoms with Crippen molar-refractivity contribution in [1.82, 2.24) is 35.7 Å². The predicted octanol–water partition coefficient (Wildman–Crippen LogP) is 5.51. The molecule has 0 spiro atoms. The number of benzene rings is 2. The summed E-state index contributed by atoms with van der Waals surface area (Å²) in [4.78, 5) is 74.4. The van der Waals surface area contributed by atoms with Crippen LogP contribution in [0.5, 0.6) is 0 Å². The molecule has 2 saturated heterocycles. The molecule has 14 heteroatoms. The third-order valence-corrected chi connectivity index (χ3v) is 9.19. The summed E-state index contributed by atoms with van der Waals surface area (Å²) in [5, 5.41) is 7.74. The molecule has 2 fully saturated rings. The second kappa shape index (κ2) is 16.3. The van der Waals surface area contributed by atoms with Crippen molar-refractivity contribution in [2.75, 3.05) is 20.2 Å². The molecule has 2 aliphatic rings. The summed E-state index contributed by atoms with van der Waals surface area (Å²) in [5.74, 6) is -0.101. The maximum atomic E-state index is 13.5. The van der Waals surface area contributed by atoms with Gasteiger partial charge in [-0.3, -0.25) is 19.8 Å². The molecule has 2 aliphatic heterocycles. The van der Waals surface area contributed by atoms with Crippen LogP contribution in [0.4, 0.5) is 14.4 Å². The summed E-state index contributed by atoms with van der Waals surface area (Å²) in [6.45, 7) is 10.3. The third-order valence-electron chi connectivity index (χ3n) is 9.19. The molecule has 3 aromatic rings. The number of rotatable bonds is 9. The van der Waals surface area contributed by atoms with Gasteiger partial charge in [-0.2, -0.15) is 0 Å². The van der Waals surface area contributed by atoms with Crippen LogP contribution in [0.1, 0.15) is 77.7 Å². The number of alkyl carbamates (subject to hydrolysis) is 1. The average Bonchev–Trinajstić information content (AvgIpc) is 3.90. The van der Waals surface area contributed by atoms with Crippen LogP contribution in [-0.2, 0) is 25.6 Å². The fraction of sp³-hybridized carbons (Fsp3) is 0.474. The van der Waals surface area contributed by atoms with E-state index in [4.69, 9.17) is 9.47 Å². The van der Waals surface area contributed by atoms with E-state index in [1.54, 1.807) is 31.9 Å². The van der Waals surface area contributed by atoms with Gasteiger partial charge in [0.25, 0.3) is 5.91 Å². The van der Waals surface area contributed by atoms with Gasteiger partial charge in [-0.05, 0) is 74.6 Å². The minimum Gasteiger partial charge on any atom is -0.453 e. The van der Waals surface area contributed by atoms with Crippen molar-refractivity contribution < 1.29 is 33.4 Å². The Morgan fingerprint density at radius 2 is 1.52 bits per heavy atom. The number of nitrogens with zero attached hydrogens (tertiary/aromatic N) is 3. The zero-order chi connectivity index (χ0) is 37.6. The Morgan fingerprint density at radius 3 is 2.15 bits per heavy atom. The van der Waals surface area contributed by atoms with E-state index in [0.717, 1.165) is 40.8 Å². The molecule has 3 atom stereocenters. The van der Waals surface area contributed by atoms with Crippen molar-refractivity contribution in [2.24, 2.45) is 5.92 Å². The maximum absolute atomic E-state index is 13.5. The molecular formula is C38H49N7O7. The van der Waals surface area contributed by atoms with Gasteiger partial charge >= 0.3 is 18.2 Å². The Kier molecular flexibility index (Phi) is 11.9. The van der Waals surface area contributed by atoms with Crippen molar-refractivity contribution in [3.8, 4) is 22.4 Å². The fourth-order valence-corrected chi connectivity index (χ4v) is 6.50. The summed E-state index contributed by atoms with van der Waals surface area (Å²) in [6, 6.07) is 13.5. The standard InChI is InChI=1S/C38H49N7O7/c1-23(2)31(42-36(49)51-6)34(47)44-19-7-9-29(44)32-39-22-28(41-32)27-17-15-26(16-18-27)25-13-11-24(12-14-25)21-40-35(48)43-33(46)30-10-8-20-45(30)37(50)52-38(3,4)5/h11-18,22-23,29-31H,7-10,19-21H2,1-6H3,(H,39,41)(H,42,49)(H2,40,43,46,48)/t29-,30-,31-/m0/s1. The van der Waals surface area contributed by atoms with Gasteiger partial charge in [0.15, 0.2) is 0 Å². The Morgan fingerprint density at radius 1 is 0.904 bits per heavy atom. The lowest BCUT2D eigenvalue weighted by Gasteiger charge is -2.30. The first-order valence-corrected chi connectivity index (χ1v) is 17.7. The molecule has 2 aromatic carbocycles. The Hall–Kier alpha value is -5.40. The average molecular weight is 716 g/mol. The number of aromatic nitrogens is 2. The molecule has 6 amide bonds. The van der Waals surface area contributed by atoms with Gasteiger partial charge in [-0.15, -0.1) is 0 Å². The number of methoxy groups -OCH3 is 1. The third kappa shape index (κ3) is 9.28. The fourth-order valence-electron chi connectivity index (χ4n) is 6.50. The lowest BCUT2D eigenvalue weighted by molar-refractivity contribution is -0.135. The number of urea groups is 1. The number of carbonyl (C=O) groups excluding carboxylic acids is 5. The number of nitrogens with one attached hydrogen (secondary N) is 4. The van der Waals surface area contributed by atoms with Crippen molar-refractivity contribution in [3.05, 3.63) is 66.1 Å². The highest BCUT2D eigenvalue weighted by atomic mass is 16.6. The van der Waals surface area contributed by atoms with Crippen molar-refractivity contribution >= 4 is 30.0 Å². The lowest BCUT2D eigenvalue weighted by Crippen LogP contribution is -2.51. The van der Waals surface area contributed by atoms with Crippen LogP contribution in [0, 0.1) is 5.92 Å². The maximum Gasteiger partial charge on any atom is 0.410 e. The molecule has 0 unspecified atom stereocenters. The van der Waals surface area contributed by atoms with Crippen LogP contribution in [0.15, 0.2) is 54.7 Å². The van der Waals surface area contributed by atoms with E-state index in [-0.39, 0.29) is 24.4 Å². The highest BCUT2D eigenvalue weighted by molar-refractivity contribution is 5.98. The van der Waals surface area contributed by atoms with Gasteiger partial charge in [0.05, 0.1) is 25.0 Å². The first-order chi connectivity index (χ1) is 24.7. The molecule has 52 heavy (non-hydrogen) atoms. The lowest BCUT2D eigenvalue weighted by atomic mass is 10.0. The van der Waals surface area contributed by atoms with Crippen LogP contribution in [-0.4, -0.2) is 87.7 Å². The van der Waals surface area contributed by atoms with E-state index < -0.39 is 41.8 Å². The minimum absolute atomic E-state index is 0.113. The number of ether oxygens (including phenoxy) is 2. The zero-order valence-corrected chi connectivity index (χ0v) is 30.7. The van der Waals surface area contributed by atoms with E-state index in [1.807, 2.05) is 62.4 Å². The van der Waals surface area contributed by atoms with Crippen molar-refractivity contribution in [1.29, 1.82) is 0 Å². The summed E-state index contributed by atoms with van der Waals surface area (Å²) in [5.41, 5.74) is 3.94. The van der Waals surface area contributed by atoms with E-state index in [1.165, 1.54) is 12.0 Å². The van der Waals surface area contributed by atoms with Crippen LogP contribution in [0.2, 0.25) is 0 Å². The number of imidazole rings is 1. The van der Waals surface area contributed by atoms with Crippen LogP contribution in [0.25, 0.3) is 22.4 Å². The monoisotopic (exact) mass is 715 g/mol. The number of aromatic amines is 1. The summed E-state index contributed by atoms with van der Waals surface area (Å²) in [6.07, 6.45) is 3.29. The van der Waals surface area contributed by atoms with Gasteiger partial charge in [0.2, 0.25) is 5.91 Å². The van der Waals surface area contributed by atoms with Gasteiger partial charge < -0.3 is 30.0 Å². The molecule has 4 N–H and O–H groups in total. The number of carbonyl (C=O) groups is 5. The Labute approximate surface area is 304 Å². The quantitative estimate of drug-likeness (QED) is 0.224. The smallest absolute Gasteiger partial charge is 0.410 e. The Bertz CT molecular complexity index is 1750. The number of hydrogen-bond donors (Lipinski definition) is 4. The van der Waals surface area contributed by atoms with E-state index in [2.05, 4.69) is 25.9 Å². The van der Waals surface area contributed by atoms with Crippen LogP contribution in [0.3, 0.4) is 0 Å². The van der Waals surface area contributed by atoms with E-state index in [9.17, 15) is 24.0 Å². The van der Waals surface area contributed by atoms with Crippen molar-refractivity contribution in [2.45, 2.75) is 90.6 Å². The molecular weight excluding hydrogens is 666 g/mol. The van der Waals surface area contributed by atoms with E-state index >= 15 is 0 Å². The minimum atomic E-state index is -0.754. The summed E-state index contributed by atoms with van der Waals surface area (Å²) in [7, 11) is 1.28. The number of imide groups is 1. The predicted molar refractivity (Wildman–Crippen MR) is 194 cm³/mol. The first-order valence-electron chi connectivity index (χ1n) is 17.7. The second-order valence-electron chi connectivity index (χ2n) is 14.5. The Balaban J connectivity index is 1.14. The molecule has 5 rings (SSSR count). The summed E-state index contributed by atoms with van der Waals surface area (Å²) < 4.78 is 10.1. The van der Waals surface area contributed by atoms with Gasteiger partial charge in [0.1, 0.15) is 23.5 Å². The molecule has 0 aliphatic carbocycles. The highest BCUT2D eigenvalue weighted by Gasteiger charge is 2.38. The SMILES string of the molecule is COC(=O)N[C@H](C(=O)N1CCC[C@H]1c1ncc(-c2ccc(-c3ccc(CNC(=O)NC(=O)[C@@H]4CCCN4C(=O)OC(C)(C)C)cc3)cc2)[nH]1)C(C)C. The van der Waals surface area contributed by atoms with Crippen LogP contribution >= 0.6 is 0 Å². The number of likely N-dealkylation sites (tertiary alicyclic amines) is 2. The normalized spacial score (nSPS) is 17.8. The molecule has 14 nitrogen and oxygen atoms in total. The number of amides is 6. The topological polar surface area (TPSA) is 175 Å². The highest BCUT2D eigenvalue weighted by Crippen LogP contribution is 2.33. The van der Waals surface area contributed by atoms with Gasteiger partial charge in [-0.1, -0.05) is 62.4 Å². The number of hydrogen-bond acceptors (Lipinski definition) is 8. The molecule has 0 saturated carbocycles. The largest absolute Gasteiger partial charge is 0.453 e. The van der Waals surface area contributed by atoms with Crippen molar-refractivity contribution in [3.63, 3.8) is 0 Å². The number of H-pyrrole nitrogens is 1. The van der Waals surface area contributed by atoms with E-state index in [0.29, 0.717) is 31.8 Å². The first kappa shape index (κ1) is 37.8. The molecule has 3 heterocycles. The molecule has 0 bridgehead atoms. The molecule has 1 aromatic heterocycles. The summed E-state index contributed by atoms with van der Waals surface area (Å²) >= 11 is 0. The molecule has 0 radical (unpaired) electrons. The zero-order valence-electron chi connectivity index (χ0n) is 30.7. The van der Waals surface area contributed by atoms with Crippen LogP contribution < -0.4 is 16.0 Å². The van der Waals surface area contributed by atoms with Gasteiger partial charge in [0, 0.05) is 19.6 Å².